The van der Waals surface area contributed by atoms with Gasteiger partial charge in [-0.2, -0.15) is 26.3 Å². The molecule has 34 heavy (non-hydrogen) atoms. The smallest absolute Gasteiger partial charge is 0.370 e. The van der Waals surface area contributed by atoms with Gasteiger partial charge in [-0.05, 0) is 49.6 Å². The van der Waals surface area contributed by atoms with Crippen molar-refractivity contribution in [2.75, 3.05) is 29.1 Å². The van der Waals surface area contributed by atoms with E-state index in [2.05, 4.69) is 5.32 Å². The van der Waals surface area contributed by atoms with Crippen molar-refractivity contribution < 1.29 is 36.1 Å². The Morgan fingerprint density at radius 1 is 0.971 bits per heavy atom. The number of benzene rings is 2. The largest absolute Gasteiger partial charge is 0.416 e. The molecule has 184 valence electrons. The predicted molar refractivity (Wildman–Crippen MR) is 115 cm³/mol. The van der Waals surface area contributed by atoms with Crippen molar-refractivity contribution in [1.29, 1.82) is 0 Å². The molecule has 0 radical (unpaired) electrons. The minimum absolute atomic E-state index is 0.0516. The number of piperidine rings is 1. The van der Waals surface area contributed by atoms with E-state index in [0.29, 0.717) is 42.7 Å². The van der Waals surface area contributed by atoms with Crippen molar-refractivity contribution in [2.45, 2.75) is 36.5 Å². The topological polar surface area (TPSA) is 75.5 Å². The van der Waals surface area contributed by atoms with Gasteiger partial charge < -0.3 is 10.2 Å². The van der Waals surface area contributed by atoms with Gasteiger partial charge in [0, 0.05) is 19.2 Å². The van der Waals surface area contributed by atoms with Crippen LogP contribution in [0.4, 0.5) is 43.4 Å². The Bertz CT molecular complexity index is 1070. The van der Waals surface area contributed by atoms with Gasteiger partial charge in [-0.1, -0.05) is 0 Å². The fraction of sp³-hybridized carbons (Fsp3) is 0.381. The van der Waals surface area contributed by atoms with E-state index < -0.39 is 45.8 Å². The van der Waals surface area contributed by atoms with Gasteiger partial charge in [0.25, 0.3) is 5.69 Å². The summed E-state index contributed by atoms with van der Waals surface area (Å²) in [7, 11) is 0. The Morgan fingerprint density at radius 3 is 2.15 bits per heavy atom. The van der Waals surface area contributed by atoms with Crippen molar-refractivity contribution in [3.8, 4) is 0 Å². The lowest BCUT2D eigenvalue weighted by Gasteiger charge is -2.31. The summed E-state index contributed by atoms with van der Waals surface area (Å²) in [4.78, 5) is 24.4. The van der Waals surface area contributed by atoms with Crippen molar-refractivity contribution in [2.24, 2.45) is 0 Å². The van der Waals surface area contributed by atoms with Gasteiger partial charge in [-0.3, -0.25) is 14.9 Å². The Morgan fingerprint density at radius 2 is 1.56 bits per heavy atom. The first-order chi connectivity index (χ1) is 15.9. The number of nitro benzene ring substituents is 1. The summed E-state index contributed by atoms with van der Waals surface area (Å²) in [6.45, 7) is 1.22. The third-order valence-electron chi connectivity index (χ3n) is 5.14. The second-order valence-electron chi connectivity index (χ2n) is 7.55. The molecule has 1 aliphatic heterocycles. The highest BCUT2D eigenvalue weighted by Gasteiger charge is 2.34. The molecule has 1 saturated heterocycles. The summed E-state index contributed by atoms with van der Waals surface area (Å²) >= 11 is 0.616. The maximum Gasteiger partial charge on any atom is 0.416 e. The molecule has 0 bridgehead atoms. The number of amides is 1. The molecule has 6 nitrogen and oxygen atoms in total. The van der Waals surface area contributed by atoms with Gasteiger partial charge in [0.2, 0.25) is 5.91 Å². The second-order valence-corrected chi connectivity index (χ2v) is 8.57. The molecule has 13 heteroatoms. The third kappa shape index (κ3) is 6.33. The van der Waals surface area contributed by atoms with Crippen LogP contribution in [0, 0.1) is 10.1 Å². The Hall–Kier alpha value is -2.96. The number of alkyl halides is 6. The van der Waals surface area contributed by atoms with Crippen LogP contribution in [0.5, 0.6) is 0 Å². The molecule has 0 aliphatic carbocycles. The molecule has 1 aliphatic rings. The van der Waals surface area contributed by atoms with E-state index in [1.165, 1.54) is 6.07 Å². The number of carbonyl (C=O) groups excluding carboxylic acids is 1. The number of nitrogens with zero attached hydrogens (tertiary/aromatic N) is 2. The zero-order chi connectivity index (χ0) is 25.1. The molecule has 0 saturated carbocycles. The molecule has 3 rings (SSSR count). The summed E-state index contributed by atoms with van der Waals surface area (Å²) in [6.07, 6.45) is -6.72. The van der Waals surface area contributed by atoms with Crippen molar-refractivity contribution in [3.63, 3.8) is 0 Å². The van der Waals surface area contributed by atoms with Crippen LogP contribution >= 0.6 is 11.8 Å². The van der Waals surface area contributed by atoms with Crippen LogP contribution in [0.15, 0.2) is 41.3 Å². The van der Waals surface area contributed by atoms with Gasteiger partial charge >= 0.3 is 12.4 Å². The highest BCUT2D eigenvalue weighted by Crippen LogP contribution is 2.38. The van der Waals surface area contributed by atoms with Gasteiger partial charge in [0.15, 0.2) is 0 Å². The Kier molecular flexibility index (Phi) is 7.64. The molecule has 2 aromatic rings. The molecule has 0 unspecified atom stereocenters. The average molecular weight is 507 g/mol. The van der Waals surface area contributed by atoms with Crippen molar-refractivity contribution in [3.05, 3.63) is 57.6 Å². The van der Waals surface area contributed by atoms with Gasteiger partial charge in [0.1, 0.15) is 0 Å². The van der Waals surface area contributed by atoms with Gasteiger partial charge in [-0.25, -0.2) is 0 Å². The number of hydrogen-bond donors (Lipinski definition) is 1. The number of rotatable bonds is 6. The van der Waals surface area contributed by atoms with Crippen LogP contribution in [0.25, 0.3) is 0 Å². The number of thioether (sulfide) groups is 1. The van der Waals surface area contributed by atoms with E-state index in [1.807, 2.05) is 4.90 Å². The third-order valence-corrected chi connectivity index (χ3v) is 6.20. The molecule has 1 amide bonds. The normalized spacial score (nSPS) is 14.7. The number of anilines is 2. The van der Waals surface area contributed by atoms with E-state index >= 15 is 0 Å². The monoisotopic (exact) mass is 507 g/mol. The molecular weight excluding hydrogens is 488 g/mol. The maximum atomic E-state index is 13.2. The number of nitrogens with one attached hydrogen (secondary N) is 1. The fourth-order valence-electron chi connectivity index (χ4n) is 3.51. The standard InChI is InChI=1S/C21H19F6N3O3S/c22-20(23,24)13-4-6-16(29-8-2-1-3-9-29)15(10-13)28-19(31)12-34-18-7-5-14(21(25,26)27)11-17(18)30(32)33/h4-7,10-11H,1-3,8-9,12H2,(H,28,31). The Labute approximate surface area is 194 Å². The lowest BCUT2D eigenvalue weighted by atomic mass is 10.1. The second kappa shape index (κ2) is 10.1. The van der Waals surface area contributed by atoms with E-state index in [1.54, 1.807) is 0 Å². The summed E-state index contributed by atoms with van der Waals surface area (Å²) in [6, 6.07) is 4.98. The molecular formula is C21H19F6N3O3S. The molecule has 1 fully saturated rings. The van der Waals surface area contributed by atoms with Gasteiger partial charge in [0.05, 0.1) is 38.1 Å². The molecule has 2 aromatic carbocycles. The first-order valence-electron chi connectivity index (χ1n) is 10.1. The number of hydrogen-bond acceptors (Lipinski definition) is 5. The maximum absolute atomic E-state index is 13.2. The van der Waals surface area contributed by atoms with Crippen molar-refractivity contribution >= 4 is 34.7 Å². The lowest BCUT2D eigenvalue weighted by Crippen LogP contribution is -2.30. The summed E-state index contributed by atoms with van der Waals surface area (Å²) in [5.41, 5.74) is -2.60. The molecule has 1 heterocycles. The van der Waals surface area contributed by atoms with Crippen LogP contribution in [0.3, 0.4) is 0 Å². The first-order valence-corrected chi connectivity index (χ1v) is 11.1. The number of carbonyl (C=O) groups is 1. The summed E-state index contributed by atoms with van der Waals surface area (Å²) in [5.74, 6) is -1.21. The van der Waals surface area contributed by atoms with Crippen LogP contribution in [-0.4, -0.2) is 29.7 Å². The van der Waals surface area contributed by atoms with Crippen LogP contribution in [0.2, 0.25) is 0 Å². The van der Waals surface area contributed by atoms with E-state index in [-0.39, 0.29) is 10.6 Å². The Balaban J connectivity index is 1.80. The molecule has 0 spiro atoms. The van der Waals surface area contributed by atoms with E-state index in [9.17, 15) is 41.3 Å². The van der Waals surface area contributed by atoms with Crippen LogP contribution in [0.1, 0.15) is 30.4 Å². The van der Waals surface area contributed by atoms with Crippen molar-refractivity contribution in [1.82, 2.24) is 0 Å². The summed E-state index contributed by atoms with van der Waals surface area (Å²) < 4.78 is 78.2. The highest BCUT2D eigenvalue weighted by molar-refractivity contribution is 8.00. The van der Waals surface area contributed by atoms with Crippen LogP contribution < -0.4 is 10.2 Å². The van der Waals surface area contributed by atoms with Gasteiger partial charge in [-0.15, -0.1) is 11.8 Å². The zero-order valence-electron chi connectivity index (χ0n) is 17.5. The SMILES string of the molecule is O=C(CSc1ccc(C(F)(F)F)cc1[N+](=O)[O-])Nc1cc(C(F)(F)F)ccc1N1CCCCC1. The average Bonchev–Trinajstić information content (AvgIpc) is 2.76. The predicted octanol–water partition coefficient (Wildman–Crippen LogP) is 6.35. The minimum Gasteiger partial charge on any atom is -0.370 e. The summed E-state index contributed by atoms with van der Waals surface area (Å²) in [5, 5.41) is 13.6. The van der Waals surface area contributed by atoms with E-state index in [0.717, 1.165) is 37.5 Å². The molecule has 1 N–H and O–H groups in total. The fourth-order valence-corrected chi connectivity index (χ4v) is 4.32. The minimum atomic E-state index is -4.78. The highest BCUT2D eigenvalue weighted by atomic mass is 32.2. The first kappa shape index (κ1) is 25.7. The lowest BCUT2D eigenvalue weighted by molar-refractivity contribution is -0.388. The zero-order valence-corrected chi connectivity index (χ0v) is 18.3. The quantitative estimate of drug-likeness (QED) is 0.213. The number of nitro groups is 1. The number of halogens is 6. The molecule has 0 atom stereocenters. The van der Waals surface area contributed by atoms with E-state index in [4.69, 9.17) is 0 Å². The molecule has 0 aromatic heterocycles. The van der Waals surface area contributed by atoms with Crippen LogP contribution in [-0.2, 0) is 17.1 Å².